The number of anilines is 1. The molecule has 34 heavy (non-hydrogen) atoms. The second-order valence-corrected chi connectivity index (χ2v) is 8.80. The highest BCUT2D eigenvalue weighted by Crippen LogP contribution is 2.35. The van der Waals surface area contributed by atoms with Crippen LogP contribution in [0.3, 0.4) is 0 Å². The van der Waals surface area contributed by atoms with E-state index in [1.165, 1.54) is 0 Å². The quantitative estimate of drug-likeness (QED) is 0.569. The van der Waals surface area contributed by atoms with Crippen LogP contribution in [-0.2, 0) is 12.0 Å². The van der Waals surface area contributed by atoms with Crippen LogP contribution in [0.15, 0.2) is 48.7 Å². The van der Waals surface area contributed by atoms with Crippen molar-refractivity contribution in [2.45, 2.75) is 38.7 Å². The Morgan fingerprint density at radius 2 is 2.03 bits per heavy atom. The largest absolute Gasteiger partial charge is 0.493 e. The zero-order chi connectivity index (χ0) is 24.1. The SMILES string of the molecule is CNc1cc(C2(C)CCCN(C(=O)c3ccc(OCc4ccccn4)c(OC)c3)C2)nc(C)n1. The molecule has 1 amide bonds. The molecule has 1 aliphatic rings. The molecule has 2 aromatic heterocycles. The molecule has 0 spiro atoms. The Morgan fingerprint density at radius 3 is 2.76 bits per heavy atom. The first-order valence-corrected chi connectivity index (χ1v) is 11.5. The summed E-state index contributed by atoms with van der Waals surface area (Å²) in [6.45, 7) is 5.68. The molecule has 1 aromatic carbocycles. The fourth-order valence-electron chi connectivity index (χ4n) is 4.36. The number of nitrogens with one attached hydrogen (secondary N) is 1. The van der Waals surface area contributed by atoms with E-state index in [2.05, 4.69) is 22.2 Å². The average Bonchev–Trinajstić information content (AvgIpc) is 2.87. The van der Waals surface area contributed by atoms with Gasteiger partial charge in [-0.1, -0.05) is 13.0 Å². The topological polar surface area (TPSA) is 89.5 Å². The van der Waals surface area contributed by atoms with Crippen molar-refractivity contribution < 1.29 is 14.3 Å². The Bertz CT molecular complexity index is 1150. The number of aryl methyl sites for hydroxylation is 1. The predicted molar refractivity (Wildman–Crippen MR) is 130 cm³/mol. The fraction of sp³-hybridized carbons (Fsp3) is 0.385. The molecule has 1 unspecified atom stereocenters. The predicted octanol–water partition coefficient (Wildman–Crippen LogP) is 4.00. The van der Waals surface area contributed by atoms with E-state index in [1.807, 2.05) is 43.1 Å². The Kier molecular flexibility index (Phi) is 6.95. The van der Waals surface area contributed by atoms with Crippen LogP contribution in [0.2, 0.25) is 0 Å². The van der Waals surface area contributed by atoms with Gasteiger partial charge in [0.1, 0.15) is 18.2 Å². The van der Waals surface area contributed by atoms with Gasteiger partial charge in [-0.05, 0) is 50.1 Å². The number of carbonyl (C=O) groups is 1. The maximum absolute atomic E-state index is 13.4. The maximum atomic E-state index is 13.4. The summed E-state index contributed by atoms with van der Waals surface area (Å²) in [7, 11) is 3.42. The molecule has 1 fully saturated rings. The average molecular weight is 462 g/mol. The van der Waals surface area contributed by atoms with Crippen LogP contribution in [0, 0.1) is 6.92 Å². The molecular formula is C26H31N5O3. The van der Waals surface area contributed by atoms with E-state index in [1.54, 1.807) is 31.5 Å². The molecular weight excluding hydrogens is 430 g/mol. The van der Waals surface area contributed by atoms with Crippen molar-refractivity contribution in [3.63, 3.8) is 0 Å². The monoisotopic (exact) mass is 461 g/mol. The summed E-state index contributed by atoms with van der Waals surface area (Å²) in [4.78, 5) is 28.7. The zero-order valence-corrected chi connectivity index (χ0v) is 20.2. The number of ether oxygens (including phenoxy) is 2. The number of nitrogens with zero attached hydrogens (tertiary/aromatic N) is 4. The molecule has 4 rings (SSSR count). The van der Waals surface area contributed by atoms with Gasteiger partial charge in [0.15, 0.2) is 11.5 Å². The number of likely N-dealkylation sites (tertiary alicyclic amines) is 1. The second kappa shape index (κ2) is 10.1. The highest BCUT2D eigenvalue weighted by atomic mass is 16.5. The molecule has 0 aliphatic carbocycles. The minimum atomic E-state index is -0.247. The summed E-state index contributed by atoms with van der Waals surface area (Å²) in [6.07, 6.45) is 3.59. The van der Waals surface area contributed by atoms with E-state index >= 15 is 0 Å². The lowest BCUT2D eigenvalue weighted by Crippen LogP contribution is -2.47. The first kappa shape index (κ1) is 23.5. The van der Waals surface area contributed by atoms with Gasteiger partial charge in [-0.3, -0.25) is 9.78 Å². The van der Waals surface area contributed by atoms with Gasteiger partial charge < -0.3 is 19.7 Å². The summed E-state index contributed by atoms with van der Waals surface area (Å²) in [5.41, 5.74) is 2.10. The van der Waals surface area contributed by atoms with Gasteiger partial charge in [-0.25, -0.2) is 9.97 Å². The number of amides is 1. The summed E-state index contributed by atoms with van der Waals surface area (Å²) in [5.74, 6) is 2.58. The van der Waals surface area contributed by atoms with Gasteiger partial charge in [0.05, 0.1) is 18.5 Å². The van der Waals surface area contributed by atoms with Crippen LogP contribution in [0.4, 0.5) is 5.82 Å². The number of piperidine rings is 1. The van der Waals surface area contributed by atoms with E-state index in [-0.39, 0.29) is 11.3 Å². The van der Waals surface area contributed by atoms with Crippen molar-refractivity contribution in [2.24, 2.45) is 0 Å². The van der Waals surface area contributed by atoms with Gasteiger partial charge in [-0.15, -0.1) is 0 Å². The van der Waals surface area contributed by atoms with Crippen molar-refractivity contribution in [2.75, 3.05) is 32.6 Å². The number of carbonyl (C=O) groups excluding carboxylic acids is 1. The number of hydrogen-bond donors (Lipinski definition) is 1. The molecule has 1 N–H and O–H groups in total. The lowest BCUT2D eigenvalue weighted by molar-refractivity contribution is 0.0647. The molecule has 8 heteroatoms. The summed E-state index contributed by atoms with van der Waals surface area (Å²) >= 11 is 0. The molecule has 178 valence electrons. The molecule has 1 saturated heterocycles. The van der Waals surface area contributed by atoms with E-state index in [0.29, 0.717) is 36.8 Å². The number of pyridine rings is 1. The van der Waals surface area contributed by atoms with Crippen molar-refractivity contribution in [3.8, 4) is 11.5 Å². The lowest BCUT2D eigenvalue weighted by atomic mass is 9.78. The second-order valence-electron chi connectivity index (χ2n) is 8.80. The van der Waals surface area contributed by atoms with Crippen LogP contribution in [0.1, 0.15) is 47.3 Å². The third kappa shape index (κ3) is 5.11. The van der Waals surface area contributed by atoms with Crippen molar-refractivity contribution >= 4 is 11.7 Å². The Labute approximate surface area is 200 Å². The Morgan fingerprint density at radius 1 is 1.18 bits per heavy atom. The minimum absolute atomic E-state index is 0.0277. The van der Waals surface area contributed by atoms with Crippen molar-refractivity contribution in [3.05, 3.63) is 71.4 Å². The Balaban J connectivity index is 1.51. The fourth-order valence-corrected chi connectivity index (χ4v) is 4.36. The van der Waals surface area contributed by atoms with Gasteiger partial charge in [0.25, 0.3) is 5.91 Å². The molecule has 1 aliphatic heterocycles. The third-order valence-electron chi connectivity index (χ3n) is 6.21. The van der Waals surface area contributed by atoms with Crippen LogP contribution >= 0.6 is 0 Å². The van der Waals surface area contributed by atoms with E-state index in [4.69, 9.17) is 14.5 Å². The molecule has 0 saturated carbocycles. The van der Waals surface area contributed by atoms with Crippen LogP contribution in [-0.4, -0.2) is 53.0 Å². The summed E-state index contributed by atoms with van der Waals surface area (Å²) in [5, 5.41) is 3.10. The molecule has 1 atom stereocenters. The lowest BCUT2D eigenvalue weighted by Gasteiger charge is -2.40. The molecule has 3 heterocycles. The minimum Gasteiger partial charge on any atom is -0.493 e. The zero-order valence-electron chi connectivity index (χ0n) is 20.2. The molecule has 8 nitrogen and oxygen atoms in total. The molecule has 0 bridgehead atoms. The smallest absolute Gasteiger partial charge is 0.254 e. The van der Waals surface area contributed by atoms with Crippen molar-refractivity contribution in [1.82, 2.24) is 19.9 Å². The maximum Gasteiger partial charge on any atom is 0.254 e. The van der Waals surface area contributed by atoms with Gasteiger partial charge >= 0.3 is 0 Å². The highest BCUT2D eigenvalue weighted by Gasteiger charge is 2.36. The first-order chi connectivity index (χ1) is 16.4. The number of methoxy groups -OCH3 is 1. The van der Waals surface area contributed by atoms with Crippen LogP contribution in [0.5, 0.6) is 11.5 Å². The standard InChI is InChI=1S/C26H31N5O3/c1-18-29-23(15-24(27-3)30-18)26(2)11-7-13-31(17-26)25(32)19-9-10-21(22(14-19)33-4)34-16-20-8-5-6-12-28-20/h5-6,8-10,12,14-15H,7,11,13,16-17H2,1-4H3,(H,27,29,30). The molecule has 3 aromatic rings. The third-order valence-corrected chi connectivity index (χ3v) is 6.21. The van der Waals surface area contributed by atoms with E-state index in [0.717, 1.165) is 35.9 Å². The van der Waals surface area contributed by atoms with Gasteiger partial charge in [0, 0.05) is 43.4 Å². The Hall–Kier alpha value is -3.68. The first-order valence-electron chi connectivity index (χ1n) is 11.5. The number of benzene rings is 1. The van der Waals surface area contributed by atoms with Crippen LogP contribution < -0.4 is 14.8 Å². The van der Waals surface area contributed by atoms with E-state index in [9.17, 15) is 4.79 Å². The van der Waals surface area contributed by atoms with Gasteiger partial charge in [0.2, 0.25) is 0 Å². The number of rotatable bonds is 7. The highest BCUT2D eigenvalue weighted by molar-refractivity contribution is 5.95. The van der Waals surface area contributed by atoms with Crippen LogP contribution in [0.25, 0.3) is 0 Å². The number of hydrogen-bond acceptors (Lipinski definition) is 7. The number of aromatic nitrogens is 3. The van der Waals surface area contributed by atoms with Crippen molar-refractivity contribution in [1.29, 1.82) is 0 Å². The summed E-state index contributed by atoms with van der Waals surface area (Å²) < 4.78 is 11.4. The summed E-state index contributed by atoms with van der Waals surface area (Å²) in [6, 6.07) is 13.0. The van der Waals surface area contributed by atoms with E-state index < -0.39 is 0 Å². The normalized spacial score (nSPS) is 17.8. The molecule has 0 radical (unpaired) electrons. The van der Waals surface area contributed by atoms with Gasteiger partial charge in [-0.2, -0.15) is 0 Å².